The van der Waals surface area contributed by atoms with Crippen LogP contribution in [0.3, 0.4) is 0 Å². The summed E-state index contributed by atoms with van der Waals surface area (Å²) in [6.45, 7) is 7.51. The molecule has 3 N–H and O–H groups in total. The van der Waals surface area contributed by atoms with Crippen LogP contribution in [0.1, 0.15) is 34.0 Å². The van der Waals surface area contributed by atoms with E-state index in [4.69, 9.17) is 5.73 Å². The Morgan fingerprint density at radius 2 is 1.83 bits per heavy atom. The molecular formula is C28H31F3N8O2. The maximum atomic E-state index is 13.8. The number of nitrogens with two attached hydrogens (primary N) is 1. The standard InChI is InChI=1S/C28H31F3N8O2/c1-4-37-7-9-38(10-8-37)22-12-18(11-20(13-22)28(29,30)31)25(40)34-21-6-5-17(2)23(14-21)39-16-19-15-33-26(32)35-24(19)36(3)27(39)41/h5-6,11-15H,4,7-10,16H2,1-3H3,(H,34,40)(H2,32,33,35). The van der Waals surface area contributed by atoms with Crippen LogP contribution in [0.15, 0.2) is 42.6 Å². The van der Waals surface area contributed by atoms with Crippen LogP contribution in [0.5, 0.6) is 0 Å². The second-order valence-electron chi connectivity index (χ2n) is 10.1. The number of likely N-dealkylation sites (N-methyl/N-ethyl adjacent to an activating group) is 1. The van der Waals surface area contributed by atoms with E-state index in [0.29, 0.717) is 41.5 Å². The molecule has 0 radical (unpaired) electrons. The summed E-state index contributed by atoms with van der Waals surface area (Å²) in [4.78, 5) is 41.7. The number of anilines is 5. The number of alkyl halides is 3. The Morgan fingerprint density at radius 1 is 1.10 bits per heavy atom. The van der Waals surface area contributed by atoms with Gasteiger partial charge in [-0.1, -0.05) is 13.0 Å². The van der Waals surface area contributed by atoms with E-state index >= 15 is 0 Å². The number of aromatic nitrogens is 2. The number of halogens is 3. The van der Waals surface area contributed by atoms with E-state index in [9.17, 15) is 22.8 Å². The van der Waals surface area contributed by atoms with Gasteiger partial charge in [-0.15, -0.1) is 0 Å². The minimum atomic E-state index is -4.61. The zero-order chi connectivity index (χ0) is 29.5. The van der Waals surface area contributed by atoms with Gasteiger partial charge in [-0.3, -0.25) is 14.6 Å². The highest BCUT2D eigenvalue weighted by molar-refractivity contribution is 6.07. The van der Waals surface area contributed by atoms with Crippen molar-refractivity contribution >= 4 is 40.8 Å². The third-order valence-corrected chi connectivity index (χ3v) is 7.47. The van der Waals surface area contributed by atoms with Crippen molar-refractivity contribution in [2.75, 3.05) is 65.5 Å². The number of nitrogen functional groups attached to an aromatic ring is 1. The largest absolute Gasteiger partial charge is 0.416 e. The zero-order valence-electron chi connectivity index (χ0n) is 23.0. The van der Waals surface area contributed by atoms with E-state index in [1.54, 1.807) is 31.4 Å². The highest BCUT2D eigenvalue weighted by atomic mass is 19.4. The molecule has 41 heavy (non-hydrogen) atoms. The molecule has 3 heterocycles. The van der Waals surface area contributed by atoms with E-state index < -0.39 is 17.6 Å². The SMILES string of the molecule is CCN1CCN(c2cc(C(=O)Nc3ccc(C)c(N4Cc5cnc(N)nc5N(C)C4=O)c3)cc(C(F)(F)F)c2)CC1. The molecule has 0 unspecified atom stereocenters. The summed E-state index contributed by atoms with van der Waals surface area (Å²) in [5.74, 6) is -0.216. The van der Waals surface area contributed by atoms with Crippen LogP contribution >= 0.6 is 0 Å². The van der Waals surface area contributed by atoms with Crippen molar-refractivity contribution in [2.45, 2.75) is 26.6 Å². The maximum Gasteiger partial charge on any atom is 0.416 e. The molecule has 0 saturated carbocycles. The Kier molecular flexibility index (Phi) is 7.47. The average molecular weight is 569 g/mol. The smallest absolute Gasteiger partial charge is 0.369 e. The number of carbonyl (C=O) groups is 2. The molecule has 13 heteroatoms. The van der Waals surface area contributed by atoms with E-state index in [0.717, 1.165) is 37.3 Å². The lowest BCUT2D eigenvalue weighted by Crippen LogP contribution is -2.46. The molecule has 2 aliphatic heterocycles. The molecule has 1 saturated heterocycles. The first kappa shape index (κ1) is 28.1. The normalized spacial score (nSPS) is 16.1. The fraction of sp³-hybridized carbons (Fsp3) is 0.357. The van der Waals surface area contributed by atoms with Crippen molar-refractivity contribution in [1.82, 2.24) is 14.9 Å². The van der Waals surface area contributed by atoms with Crippen LogP contribution in [-0.2, 0) is 12.7 Å². The lowest BCUT2D eigenvalue weighted by atomic mass is 10.1. The van der Waals surface area contributed by atoms with E-state index in [-0.39, 0.29) is 24.1 Å². The fourth-order valence-electron chi connectivity index (χ4n) is 5.10. The van der Waals surface area contributed by atoms with Crippen LogP contribution in [0.2, 0.25) is 0 Å². The number of aryl methyl sites for hydroxylation is 1. The molecule has 0 bridgehead atoms. The van der Waals surface area contributed by atoms with Crippen LogP contribution in [0, 0.1) is 6.92 Å². The summed E-state index contributed by atoms with van der Waals surface area (Å²) in [7, 11) is 1.58. The monoisotopic (exact) mass is 568 g/mol. The quantitative estimate of drug-likeness (QED) is 0.471. The molecule has 216 valence electrons. The second kappa shape index (κ2) is 10.9. The molecule has 10 nitrogen and oxygen atoms in total. The number of urea groups is 1. The number of nitrogens with one attached hydrogen (secondary N) is 1. The Labute approximate surface area is 235 Å². The van der Waals surface area contributed by atoms with Crippen molar-refractivity contribution < 1.29 is 22.8 Å². The zero-order valence-corrected chi connectivity index (χ0v) is 23.0. The molecule has 1 aromatic heterocycles. The van der Waals surface area contributed by atoms with E-state index in [2.05, 4.69) is 20.2 Å². The molecule has 1 fully saturated rings. The predicted octanol–water partition coefficient (Wildman–Crippen LogP) is 4.36. The first-order chi connectivity index (χ1) is 19.4. The van der Waals surface area contributed by atoms with Crippen LogP contribution in [-0.4, -0.2) is 66.6 Å². The minimum Gasteiger partial charge on any atom is -0.369 e. The van der Waals surface area contributed by atoms with Crippen LogP contribution < -0.4 is 25.8 Å². The number of carbonyl (C=O) groups excluding carboxylic acids is 2. The molecule has 3 aromatic rings. The van der Waals surface area contributed by atoms with Gasteiger partial charge in [0.05, 0.1) is 17.8 Å². The van der Waals surface area contributed by atoms with E-state index in [1.165, 1.54) is 15.9 Å². The highest BCUT2D eigenvalue weighted by Crippen LogP contribution is 2.35. The molecule has 2 aromatic carbocycles. The maximum absolute atomic E-state index is 13.8. The molecule has 0 atom stereocenters. The lowest BCUT2D eigenvalue weighted by molar-refractivity contribution is -0.137. The van der Waals surface area contributed by atoms with Crippen molar-refractivity contribution in [3.63, 3.8) is 0 Å². The topological polar surface area (TPSA) is 111 Å². The van der Waals surface area contributed by atoms with Gasteiger partial charge in [0.1, 0.15) is 5.82 Å². The van der Waals surface area contributed by atoms with Gasteiger partial charge in [0.25, 0.3) is 5.91 Å². The minimum absolute atomic E-state index is 0.0544. The number of hydrogen-bond donors (Lipinski definition) is 2. The van der Waals surface area contributed by atoms with Crippen LogP contribution in [0.4, 0.5) is 46.8 Å². The Morgan fingerprint density at radius 3 is 2.51 bits per heavy atom. The predicted molar refractivity (Wildman–Crippen MR) is 151 cm³/mol. The van der Waals surface area contributed by atoms with Gasteiger partial charge >= 0.3 is 12.2 Å². The van der Waals surface area contributed by atoms with Crippen molar-refractivity contribution in [3.8, 4) is 0 Å². The molecule has 2 aliphatic rings. The highest BCUT2D eigenvalue weighted by Gasteiger charge is 2.34. The number of piperazine rings is 1. The van der Waals surface area contributed by atoms with Gasteiger partial charge in [-0.2, -0.15) is 18.2 Å². The number of benzene rings is 2. The number of fused-ring (bicyclic) bond motifs is 1. The average Bonchev–Trinajstić information content (AvgIpc) is 2.95. The third-order valence-electron chi connectivity index (χ3n) is 7.47. The van der Waals surface area contributed by atoms with E-state index in [1.807, 2.05) is 18.7 Å². The number of rotatable bonds is 5. The molecule has 0 spiro atoms. The summed E-state index contributed by atoms with van der Waals surface area (Å²) < 4.78 is 41.4. The number of amides is 3. The number of hydrogen-bond acceptors (Lipinski definition) is 7. The van der Waals surface area contributed by atoms with Crippen molar-refractivity contribution in [2.24, 2.45) is 0 Å². The third kappa shape index (κ3) is 5.75. The summed E-state index contributed by atoms with van der Waals surface area (Å²) in [5, 5.41) is 2.72. The lowest BCUT2D eigenvalue weighted by Gasteiger charge is -2.36. The van der Waals surface area contributed by atoms with Gasteiger partial charge in [0.15, 0.2) is 0 Å². The van der Waals surface area contributed by atoms with Crippen molar-refractivity contribution in [1.29, 1.82) is 0 Å². The summed E-state index contributed by atoms with van der Waals surface area (Å²) in [6.07, 6.45) is -3.06. The van der Waals surface area contributed by atoms with Gasteiger partial charge in [-0.25, -0.2) is 9.78 Å². The Balaban J connectivity index is 1.42. The molecule has 0 aliphatic carbocycles. The van der Waals surface area contributed by atoms with Gasteiger partial charge in [-0.05, 0) is 49.4 Å². The van der Waals surface area contributed by atoms with Gasteiger partial charge in [0.2, 0.25) is 5.95 Å². The Hall–Kier alpha value is -4.39. The van der Waals surface area contributed by atoms with Crippen LogP contribution in [0.25, 0.3) is 0 Å². The Bertz CT molecular complexity index is 1490. The summed E-state index contributed by atoms with van der Waals surface area (Å²) in [6, 6.07) is 8.10. The first-order valence-electron chi connectivity index (χ1n) is 13.2. The van der Waals surface area contributed by atoms with Crippen molar-refractivity contribution in [3.05, 3.63) is 64.8 Å². The molecule has 3 amide bonds. The number of nitrogens with zero attached hydrogens (tertiary/aromatic N) is 6. The van der Waals surface area contributed by atoms with Gasteiger partial charge < -0.3 is 20.9 Å². The second-order valence-corrected chi connectivity index (χ2v) is 10.1. The first-order valence-corrected chi connectivity index (χ1v) is 13.2. The fourth-order valence-corrected chi connectivity index (χ4v) is 5.10. The summed E-state index contributed by atoms with van der Waals surface area (Å²) in [5.41, 5.74) is 7.37. The molecule has 5 rings (SSSR count). The summed E-state index contributed by atoms with van der Waals surface area (Å²) >= 11 is 0. The molecular weight excluding hydrogens is 537 g/mol. The van der Waals surface area contributed by atoms with Gasteiger partial charge in [0, 0.05) is 61.9 Å².